The second kappa shape index (κ2) is 2.98. The molecule has 4 nitrogen and oxygen atoms in total. The molecule has 0 saturated carbocycles. The largest absolute Gasteiger partial charge is 0.479 e. The quantitative estimate of drug-likeness (QED) is 0.528. The Balaban J connectivity index is 2.47. The summed E-state index contributed by atoms with van der Waals surface area (Å²) < 4.78 is 4.80. The molecule has 0 radical (unpaired) electrons. The van der Waals surface area contributed by atoms with E-state index < -0.39 is 18.2 Å². The lowest BCUT2D eigenvalue weighted by molar-refractivity contribution is -0.163. The maximum absolute atomic E-state index is 10.3. The van der Waals surface area contributed by atoms with Gasteiger partial charge >= 0.3 is 5.97 Å². The molecule has 58 valence electrons. The van der Waals surface area contributed by atoms with Crippen LogP contribution in [-0.2, 0) is 9.53 Å². The van der Waals surface area contributed by atoms with Crippen molar-refractivity contribution < 1.29 is 19.7 Å². The molecule has 0 aromatic carbocycles. The SMILES string of the molecule is O=C(O)C1OCCCC1O. The number of hydrogen-bond acceptors (Lipinski definition) is 3. The number of carbonyl (C=O) groups is 1. The highest BCUT2D eigenvalue weighted by molar-refractivity contribution is 5.73. The van der Waals surface area contributed by atoms with Crippen molar-refractivity contribution in [3.8, 4) is 0 Å². The molecule has 0 aromatic heterocycles. The van der Waals surface area contributed by atoms with Gasteiger partial charge in [-0.1, -0.05) is 0 Å². The molecule has 0 bridgehead atoms. The van der Waals surface area contributed by atoms with Gasteiger partial charge in [-0.05, 0) is 12.8 Å². The average molecular weight is 146 g/mol. The molecule has 0 spiro atoms. The molecule has 0 aliphatic carbocycles. The number of ether oxygens (including phenoxy) is 1. The van der Waals surface area contributed by atoms with Crippen LogP contribution in [0.2, 0.25) is 0 Å². The van der Waals surface area contributed by atoms with Gasteiger partial charge in [0.2, 0.25) is 0 Å². The predicted octanol–water partition coefficient (Wildman–Crippen LogP) is -0.389. The van der Waals surface area contributed by atoms with E-state index in [-0.39, 0.29) is 0 Å². The highest BCUT2D eigenvalue weighted by Gasteiger charge is 2.29. The Morgan fingerprint density at radius 3 is 2.70 bits per heavy atom. The Hall–Kier alpha value is -0.610. The normalized spacial score (nSPS) is 33.7. The molecular formula is C6H10O4. The minimum absolute atomic E-state index is 0.439. The third-order valence-corrected chi connectivity index (χ3v) is 1.53. The third kappa shape index (κ3) is 1.46. The highest BCUT2D eigenvalue weighted by Crippen LogP contribution is 2.13. The molecule has 2 atom stereocenters. The number of aliphatic hydroxyl groups is 1. The number of hydrogen-bond donors (Lipinski definition) is 2. The van der Waals surface area contributed by atoms with Crippen LogP contribution >= 0.6 is 0 Å². The average Bonchev–Trinajstić information content (AvgIpc) is 1.88. The van der Waals surface area contributed by atoms with E-state index in [2.05, 4.69) is 0 Å². The molecule has 1 heterocycles. The first-order valence-electron chi connectivity index (χ1n) is 3.24. The Bertz CT molecular complexity index is 134. The van der Waals surface area contributed by atoms with E-state index in [0.29, 0.717) is 13.0 Å². The summed E-state index contributed by atoms with van der Waals surface area (Å²) in [5.41, 5.74) is 0. The van der Waals surface area contributed by atoms with E-state index in [0.717, 1.165) is 6.42 Å². The van der Waals surface area contributed by atoms with Gasteiger partial charge in [-0.15, -0.1) is 0 Å². The van der Waals surface area contributed by atoms with Crippen molar-refractivity contribution in [1.82, 2.24) is 0 Å². The lowest BCUT2D eigenvalue weighted by Crippen LogP contribution is -2.40. The molecule has 2 unspecified atom stereocenters. The van der Waals surface area contributed by atoms with Crippen molar-refractivity contribution in [3.05, 3.63) is 0 Å². The molecule has 1 saturated heterocycles. The van der Waals surface area contributed by atoms with Crippen molar-refractivity contribution in [3.63, 3.8) is 0 Å². The monoisotopic (exact) mass is 146 g/mol. The van der Waals surface area contributed by atoms with Crippen LogP contribution < -0.4 is 0 Å². The van der Waals surface area contributed by atoms with Gasteiger partial charge < -0.3 is 14.9 Å². The Labute approximate surface area is 58.4 Å². The van der Waals surface area contributed by atoms with Gasteiger partial charge in [-0.25, -0.2) is 4.79 Å². The van der Waals surface area contributed by atoms with Crippen LogP contribution in [-0.4, -0.2) is 35.0 Å². The number of rotatable bonds is 1. The van der Waals surface area contributed by atoms with Crippen LogP contribution in [0.25, 0.3) is 0 Å². The van der Waals surface area contributed by atoms with Gasteiger partial charge in [0.05, 0.1) is 6.10 Å². The van der Waals surface area contributed by atoms with Crippen LogP contribution in [0.4, 0.5) is 0 Å². The maximum atomic E-state index is 10.3. The van der Waals surface area contributed by atoms with Gasteiger partial charge in [0.25, 0.3) is 0 Å². The van der Waals surface area contributed by atoms with Crippen molar-refractivity contribution in [1.29, 1.82) is 0 Å². The van der Waals surface area contributed by atoms with Crippen LogP contribution in [0, 0.1) is 0 Å². The second-order valence-electron chi connectivity index (χ2n) is 2.34. The molecule has 1 fully saturated rings. The van der Waals surface area contributed by atoms with Gasteiger partial charge in [0, 0.05) is 6.61 Å². The summed E-state index contributed by atoms with van der Waals surface area (Å²) in [5.74, 6) is -1.08. The summed E-state index contributed by atoms with van der Waals surface area (Å²) >= 11 is 0. The van der Waals surface area contributed by atoms with Crippen LogP contribution in [0.3, 0.4) is 0 Å². The third-order valence-electron chi connectivity index (χ3n) is 1.53. The van der Waals surface area contributed by atoms with Crippen LogP contribution in [0.5, 0.6) is 0 Å². The van der Waals surface area contributed by atoms with E-state index in [1.807, 2.05) is 0 Å². The molecule has 0 amide bonds. The first-order chi connectivity index (χ1) is 4.72. The Morgan fingerprint density at radius 1 is 1.60 bits per heavy atom. The summed E-state index contributed by atoms with van der Waals surface area (Å²) in [6.07, 6.45) is -0.568. The lowest BCUT2D eigenvalue weighted by Gasteiger charge is -2.24. The summed E-state index contributed by atoms with van der Waals surface area (Å²) in [7, 11) is 0. The standard InChI is InChI=1S/C6H10O4/c7-4-2-1-3-10-5(4)6(8)9/h4-5,7H,1-3H2,(H,8,9). The Morgan fingerprint density at radius 2 is 2.30 bits per heavy atom. The van der Waals surface area contributed by atoms with Gasteiger partial charge in [-0.3, -0.25) is 0 Å². The molecule has 0 aromatic rings. The molecule has 2 N–H and O–H groups in total. The first-order valence-corrected chi connectivity index (χ1v) is 3.24. The summed E-state index contributed by atoms with van der Waals surface area (Å²) in [4.78, 5) is 10.3. The second-order valence-corrected chi connectivity index (χ2v) is 2.34. The molecule has 1 rings (SSSR count). The van der Waals surface area contributed by atoms with E-state index in [1.165, 1.54) is 0 Å². The van der Waals surface area contributed by atoms with Crippen LogP contribution in [0.1, 0.15) is 12.8 Å². The fourth-order valence-corrected chi connectivity index (χ4v) is 1.00. The minimum Gasteiger partial charge on any atom is -0.479 e. The minimum atomic E-state index is -1.08. The van der Waals surface area contributed by atoms with Gasteiger partial charge in [0.1, 0.15) is 0 Å². The van der Waals surface area contributed by atoms with Crippen molar-refractivity contribution in [2.24, 2.45) is 0 Å². The topological polar surface area (TPSA) is 66.8 Å². The number of aliphatic hydroxyl groups excluding tert-OH is 1. The number of aliphatic carboxylic acids is 1. The Kier molecular flexibility index (Phi) is 2.24. The molecule has 1 aliphatic rings. The van der Waals surface area contributed by atoms with Crippen molar-refractivity contribution in [2.45, 2.75) is 25.0 Å². The predicted molar refractivity (Wildman–Crippen MR) is 32.6 cm³/mol. The molecular weight excluding hydrogens is 136 g/mol. The highest BCUT2D eigenvalue weighted by atomic mass is 16.5. The molecule has 4 heteroatoms. The zero-order valence-electron chi connectivity index (χ0n) is 5.49. The summed E-state index contributed by atoms with van der Waals surface area (Å²) in [5, 5.41) is 17.5. The van der Waals surface area contributed by atoms with Crippen molar-refractivity contribution in [2.75, 3.05) is 6.61 Å². The van der Waals surface area contributed by atoms with Gasteiger partial charge in [0.15, 0.2) is 6.10 Å². The van der Waals surface area contributed by atoms with Gasteiger partial charge in [-0.2, -0.15) is 0 Å². The van der Waals surface area contributed by atoms with E-state index >= 15 is 0 Å². The fourth-order valence-electron chi connectivity index (χ4n) is 1.00. The molecule has 1 aliphatic heterocycles. The maximum Gasteiger partial charge on any atom is 0.335 e. The summed E-state index contributed by atoms with van der Waals surface area (Å²) in [6.45, 7) is 0.439. The van der Waals surface area contributed by atoms with E-state index in [4.69, 9.17) is 14.9 Å². The van der Waals surface area contributed by atoms with E-state index in [9.17, 15) is 4.79 Å². The zero-order valence-corrected chi connectivity index (χ0v) is 5.49. The zero-order chi connectivity index (χ0) is 7.56. The lowest BCUT2D eigenvalue weighted by atomic mass is 10.1. The first kappa shape index (κ1) is 7.50. The number of carboxylic acid groups (broad SMARTS) is 1. The number of carboxylic acids is 1. The van der Waals surface area contributed by atoms with E-state index in [1.54, 1.807) is 0 Å². The molecule has 10 heavy (non-hydrogen) atoms. The van der Waals surface area contributed by atoms with Crippen LogP contribution in [0.15, 0.2) is 0 Å². The smallest absolute Gasteiger partial charge is 0.335 e. The fraction of sp³-hybridized carbons (Fsp3) is 0.833. The summed E-state index contributed by atoms with van der Waals surface area (Å²) in [6, 6.07) is 0. The van der Waals surface area contributed by atoms with Crippen molar-refractivity contribution >= 4 is 5.97 Å².